The van der Waals surface area contributed by atoms with E-state index in [1.165, 1.54) is 13.8 Å². The fourth-order valence-corrected chi connectivity index (χ4v) is 4.16. The summed E-state index contributed by atoms with van der Waals surface area (Å²) >= 11 is 5.77. The molecule has 2 amide bonds. The normalized spacial score (nSPS) is 19.4. The van der Waals surface area contributed by atoms with Gasteiger partial charge < -0.3 is 0 Å². The molecule has 0 aromatic heterocycles. The predicted molar refractivity (Wildman–Crippen MR) is 72.5 cm³/mol. The first kappa shape index (κ1) is 15.9. The van der Waals surface area contributed by atoms with Crippen molar-refractivity contribution in [3.8, 4) is 0 Å². The second-order valence-electron chi connectivity index (χ2n) is 5.02. The van der Waals surface area contributed by atoms with Crippen LogP contribution in [0.25, 0.3) is 0 Å². The fourth-order valence-electron chi connectivity index (χ4n) is 1.95. The lowest BCUT2D eigenvalue weighted by molar-refractivity contribution is -0.141. The van der Waals surface area contributed by atoms with Gasteiger partial charge in [-0.3, -0.25) is 14.9 Å². The number of hydrogen-bond acceptors (Lipinski definition) is 4. The van der Waals surface area contributed by atoms with Crippen LogP contribution in [0.1, 0.15) is 13.8 Å². The van der Waals surface area contributed by atoms with Crippen LogP contribution in [0, 0.1) is 5.82 Å². The Morgan fingerprint density at radius 2 is 1.95 bits per heavy atom. The van der Waals surface area contributed by atoms with Crippen LogP contribution < -0.4 is 5.32 Å². The van der Waals surface area contributed by atoms with Gasteiger partial charge in [-0.15, -0.1) is 0 Å². The van der Waals surface area contributed by atoms with Gasteiger partial charge in [0.15, 0.2) is 0 Å². The predicted octanol–water partition coefficient (Wildman–Crippen LogP) is 0.905. The van der Waals surface area contributed by atoms with E-state index >= 15 is 0 Å². The molecular formula is C12H12ClFN2O4S. The number of nitrogens with one attached hydrogen (secondary N) is 1. The van der Waals surface area contributed by atoms with E-state index in [-0.39, 0.29) is 9.92 Å². The van der Waals surface area contributed by atoms with E-state index in [2.05, 4.69) is 5.32 Å². The summed E-state index contributed by atoms with van der Waals surface area (Å²) in [4.78, 5) is 22.9. The molecule has 1 aromatic rings. The average Bonchev–Trinajstić information content (AvgIpc) is 2.33. The number of benzene rings is 1. The molecule has 1 heterocycles. The molecule has 21 heavy (non-hydrogen) atoms. The molecule has 2 rings (SSSR count). The number of nitrogens with zero attached hydrogens (tertiary/aromatic N) is 1. The Balaban J connectivity index is 2.56. The molecule has 9 heteroatoms. The fraction of sp³-hybridized carbons (Fsp3) is 0.333. The van der Waals surface area contributed by atoms with Gasteiger partial charge in [0.2, 0.25) is 21.8 Å². The smallest absolute Gasteiger partial charge is 0.247 e. The highest BCUT2D eigenvalue weighted by Gasteiger charge is 2.48. The summed E-state index contributed by atoms with van der Waals surface area (Å²) in [6.45, 7) is 2.21. The number of hydrogen-bond donors (Lipinski definition) is 1. The lowest BCUT2D eigenvalue weighted by atomic mass is 10.0. The van der Waals surface area contributed by atoms with E-state index in [0.717, 1.165) is 22.5 Å². The minimum absolute atomic E-state index is 0.316. The van der Waals surface area contributed by atoms with Crippen LogP contribution in [-0.4, -0.2) is 36.6 Å². The molecule has 0 aliphatic carbocycles. The van der Waals surface area contributed by atoms with Gasteiger partial charge in [-0.05, 0) is 32.0 Å². The summed E-state index contributed by atoms with van der Waals surface area (Å²) < 4.78 is 39.0. The number of piperazine rings is 1. The number of sulfonamides is 1. The molecule has 114 valence electrons. The van der Waals surface area contributed by atoms with Gasteiger partial charge in [0.1, 0.15) is 16.3 Å². The molecule has 1 N–H and O–H groups in total. The first-order valence-electron chi connectivity index (χ1n) is 5.89. The maximum absolute atomic E-state index is 13.0. The summed E-state index contributed by atoms with van der Waals surface area (Å²) in [6.07, 6.45) is 0. The molecule has 1 aliphatic heterocycles. The number of halogens is 2. The molecule has 6 nitrogen and oxygen atoms in total. The monoisotopic (exact) mass is 334 g/mol. The molecule has 1 aliphatic rings. The largest absolute Gasteiger partial charge is 0.294 e. The van der Waals surface area contributed by atoms with Crippen LogP contribution in [0.4, 0.5) is 4.39 Å². The van der Waals surface area contributed by atoms with Crippen LogP contribution in [0.15, 0.2) is 23.1 Å². The third-order valence-corrected chi connectivity index (χ3v) is 5.68. The summed E-state index contributed by atoms with van der Waals surface area (Å²) in [5.41, 5.74) is -1.47. The van der Waals surface area contributed by atoms with Crippen LogP contribution >= 0.6 is 11.6 Å². The highest BCUT2D eigenvalue weighted by molar-refractivity contribution is 7.89. The minimum atomic E-state index is -4.23. The van der Waals surface area contributed by atoms with Gasteiger partial charge in [-0.1, -0.05) is 11.6 Å². The number of rotatable bonds is 2. The van der Waals surface area contributed by atoms with Crippen molar-refractivity contribution in [2.75, 3.05) is 6.54 Å². The molecule has 0 atom stereocenters. The van der Waals surface area contributed by atoms with E-state index in [1.54, 1.807) is 0 Å². The van der Waals surface area contributed by atoms with E-state index in [1.807, 2.05) is 0 Å². The van der Waals surface area contributed by atoms with Crippen molar-refractivity contribution in [3.05, 3.63) is 29.0 Å². The number of amides is 2. The average molecular weight is 335 g/mol. The summed E-state index contributed by atoms with van der Waals surface area (Å²) in [5.74, 6) is -2.16. The van der Waals surface area contributed by atoms with Crippen molar-refractivity contribution in [1.82, 2.24) is 9.62 Å². The molecule has 0 radical (unpaired) electrons. The van der Waals surface area contributed by atoms with Gasteiger partial charge in [-0.25, -0.2) is 12.8 Å². The first-order chi connectivity index (χ1) is 9.56. The zero-order valence-electron chi connectivity index (χ0n) is 11.2. The van der Waals surface area contributed by atoms with Crippen molar-refractivity contribution < 1.29 is 22.4 Å². The lowest BCUT2D eigenvalue weighted by Gasteiger charge is -2.38. The van der Waals surface area contributed by atoms with E-state index < -0.39 is 39.7 Å². The van der Waals surface area contributed by atoms with Crippen molar-refractivity contribution in [1.29, 1.82) is 0 Å². The Morgan fingerprint density at radius 1 is 1.33 bits per heavy atom. The van der Waals surface area contributed by atoms with Crippen molar-refractivity contribution in [2.24, 2.45) is 0 Å². The zero-order valence-corrected chi connectivity index (χ0v) is 12.8. The number of imide groups is 1. The van der Waals surface area contributed by atoms with Gasteiger partial charge in [0, 0.05) is 0 Å². The Bertz CT molecular complexity index is 733. The molecular weight excluding hydrogens is 323 g/mol. The van der Waals surface area contributed by atoms with Crippen LogP contribution in [0.5, 0.6) is 0 Å². The van der Waals surface area contributed by atoms with Gasteiger partial charge in [0.05, 0.1) is 11.6 Å². The molecule has 0 bridgehead atoms. The number of carbonyl (C=O) groups excluding carboxylic acids is 2. The molecule has 0 spiro atoms. The summed E-state index contributed by atoms with van der Waals surface area (Å²) in [7, 11) is -4.23. The standard InChI is InChI=1S/C12H12ClFN2O4S/c1-12(2)11(18)15-10(17)6-16(12)21(19,20)9-4-3-7(14)5-8(9)13/h3-5H,6H2,1-2H3,(H,15,17,18). The Hall–Kier alpha value is -1.51. The second-order valence-corrected chi connectivity index (χ2v) is 7.26. The highest BCUT2D eigenvalue weighted by Crippen LogP contribution is 2.31. The second kappa shape index (κ2) is 5.04. The third kappa shape index (κ3) is 2.66. The Morgan fingerprint density at radius 3 is 2.52 bits per heavy atom. The lowest BCUT2D eigenvalue weighted by Crippen LogP contribution is -2.65. The van der Waals surface area contributed by atoms with Crippen molar-refractivity contribution in [3.63, 3.8) is 0 Å². The maximum Gasteiger partial charge on any atom is 0.247 e. The van der Waals surface area contributed by atoms with E-state index in [9.17, 15) is 22.4 Å². The minimum Gasteiger partial charge on any atom is -0.294 e. The molecule has 0 saturated carbocycles. The van der Waals surface area contributed by atoms with Crippen LogP contribution in [-0.2, 0) is 19.6 Å². The summed E-state index contributed by atoms with van der Waals surface area (Å²) in [5, 5.41) is 1.75. The molecule has 1 fully saturated rings. The van der Waals surface area contributed by atoms with Crippen LogP contribution in [0.2, 0.25) is 5.02 Å². The van der Waals surface area contributed by atoms with Gasteiger partial charge >= 0.3 is 0 Å². The van der Waals surface area contributed by atoms with Crippen molar-refractivity contribution in [2.45, 2.75) is 24.3 Å². The van der Waals surface area contributed by atoms with Crippen LogP contribution in [0.3, 0.4) is 0 Å². The van der Waals surface area contributed by atoms with Gasteiger partial charge in [0.25, 0.3) is 0 Å². The topological polar surface area (TPSA) is 83.6 Å². The Labute approximate surface area is 125 Å². The van der Waals surface area contributed by atoms with Gasteiger partial charge in [-0.2, -0.15) is 4.31 Å². The molecule has 1 aromatic carbocycles. The number of carbonyl (C=O) groups is 2. The molecule has 0 unspecified atom stereocenters. The quantitative estimate of drug-likeness (QED) is 0.815. The van der Waals surface area contributed by atoms with Crippen molar-refractivity contribution >= 4 is 33.4 Å². The first-order valence-corrected chi connectivity index (χ1v) is 7.71. The zero-order chi connectivity index (χ0) is 16.0. The molecule has 1 saturated heterocycles. The summed E-state index contributed by atoms with van der Waals surface area (Å²) in [6, 6.07) is 2.80. The SMILES string of the molecule is CC1(C)C(=O)NC(=O)CN1S(=O)(=O)c1ccc(F)cc1Cl. The van der Waals surface area contributed by atoms with E-state index in [0.29, 0.717) is 0 Å². The Kier molecular flexibility index (Phi) is 3.81. The van der Waals surface area contributed by atoms with E-state index in [4.69, 9.17) is 11.6 Å². The highest BCUT2D eigenvalue weighted by atomic mass is 35.5. The third-order valence-electron chi connectivity index (χ3n) is 3.18. The maximum atomic E-state index is 13.0.